The monoisotopic (exact) mass is 279 g/mol. The number of carbonyl (C=O) groups excluding carboxylic acids is 1. The maximum atomic E-state index is 11.8. The second-order valence-corrected chi connectivity index (χ2v) is 5.79. The molecule has 0 N–H and O–H groups in total. The summed E-state index contributed by atoms with van der Waals surface area (Å²) in [7, 11) is 1.42. The Hall–Kier alpha value is -2.29. The zero-order valence-electron chi connectivity index (χ0n) is 12.0. The van der Waals surface area contributed by atoms with Crippen molar-refractivity contribution in [1.29, 1.82) is 0 Å². The fourth-order valence-corrected chi connectivity index (χ4v) is 3.05. The number of hydrogen-bond acceptors (Lipinski definition) is 2. The summed E-state index contributed by atoms with van der Waals surface area (Å²) in [5.41, 5.74) is 3.00. The topological polar surface area (TPSA) is 31.2 Å². The number of para-hydroxylation sites is 1. The van der Waals surface area contributed by atoms with E-state index in [2.05, 4.69) is 28.8 Å². The molecule has 0 radical (unpaired) electrons. The molecule has 3 nitrogen and oxygen atoms in total. The van der Waals surface area contributed by atoms with Gasteiger partial charge in [-0.25, -0.2) is 4.79 Å². The molecule has 1 aliphatic rings. The maximum absolute atomic E-state index is 11.8. The van der Waals surface area contributed by atoms with Gasteiger partial charge in [0.2, 0.25) is 0 Å². The number of methoxy groups -OCH3 is 1. The molecule has 0 unspecified atom stereocenters. The van der Waals surface area contributed by atoms with E-state index in [1.54, 1.807) is 0 Å². The summed E-state index contributed by atoms with van der Waals surface area (Å²) < 4.78 is 7.20. The van der Waals surface area contributed by atoms with Gasteiger partial charge in [-0.1, -0.05) is 24.3 Å². The van der Waals surface area contributed by atoms with Gasteiger partial charge in [0.25, 0.3) is 0 Å². The SMILES string of the molecule is COC(=O)c1ccc2c3ccccc3n(CC3CC3)c2c1. The Labute approximate surface area is 123 Å². The Morgan fingerprint density at radius 3 is 2.67 bits per heavy atom. The molecule has 0 saturated heterocycles. The number of hydrogen-bond donors (Lipinski definition) is 0. The van der Waals surface area contributed by atoms with Gasteiger partial charge in [0.15, 0.2) is 0 Å². The molecule has 1 saturated carbocycles. The van der Waals surface area contributed by atoms with Gasteiger partial charge >= 0.3 is 5.97 Å². The fraction of sp³-hybridized carbons (Fsp3) is 0.278. The molecular weight excluding hydrogens is 262 g/mol. The first-order chi connectivity index (χ1) is 10.3. The van der Waals surface area contributed by atoms with E-state index in [1.165, 1.54) is 36.2 Å². The third-order valence-electron chi connectivity index (χ3n) is 4.33. The molecule has 21 heavy (non-hydrogen) atoms. The first-order valence-corrected chi connectivity index (χ1v) is 7.37. The van der Waals surface area contributed by atoms with E-state index in [4.69, 9.17) is 4.74 Å². The molecule has 3 aromatic rings. The number of benzene rings is 2. The van der Waals surface area contributed by atoms with Crippen molar-refractivity contribution in [2.24, 2.45) is 5.92 Å². The summed E-state index contributed by atoms with van der Waals surface area (Å²) >= 11 is 0. The molecule has 0 atom stereocenters. The van der Waals surface area contributed by atoms with Crippen LogP contribution in [0.4, 0.5) is 0 Å². The van der Waals surface area contributed by atoms with Crippen LogP contribution < -0.4 is 0 Å². The normalized spacial score (nSPS) is 14.7. The third-order valence-corrected chi connectivity index (χ3v) is 4.33. The summed E-state index contributed by atoms with van der Waals surface area (Å²) in [6, 6.07) is 14.3. The lowest BCUT2D eigenvalue weighted by molar-refractivity contribution is 0.0601. The molecule has 4 rings (SSSR count). The first-order valence-electron chi connectivity index (χ1n) is 7.37. The van der Waals surface area contributed by atoms with Crippen molar-refractivity contribution in [3.8, 4) is 0 Å². The van der Waals surface area contributed by atoms with Crippen LogP contribution in [0.25, 0.3) is 21.8 Å². The van der Waals surface area contributed by atoms with Crippen molar-refractivity contribution in [2.75, 3.05) is 7.11 Å². The zero-order chi connectivity index (χ0) is 14.4. The number of rotatable bonds is 3. The highest BCUT2D eigenvalue weighted by Crippen LogP contribution is 2.36. The van der Waals surface area contributed by atoms with Gasteiger partial charge in [0.05, 0.1) is 12.7 Å². The number of aromatic nitrogens is 1. The third kappa shape index (κ3) is 2.00. The predicted molar refractivity (Wildman–Crippen MR) is 83.5 cm³/mol. The van der Waals surface area contributed by atoms with Crippen molar-refractivity contribution in [3.63, 3.8) is 0 Å². The summed E-state index contributed by atoms with van der Waals surface area (Å²) in [5.74, 6) is 0.505. The van der Waals surface area contributed by atoms with Crippen LogP contribution in [0.2, 0.25) is 0 Å². The average molecular weight is 279 g/mol. The largest absolute Gasteiger partial charge is 0.465 e. The lowest BCUT2D eigenvalue weighted by Gasteiger charge is -2.07. The van der Waals surface area contributed by atoms with Gasteiger partial charge in [-0.05, 0) is 37.0 Å². The summed E-state index contributed by atoms with van der Waals surface area (Å²) in [6.45, 7) is 1.04. The average Bonchev–Trinajstić information content (AvgIpc) is 3.30. The first kappa shape index (κ1) is 12.5. The minimum absolute atomic E-state index is 0.278. The van der Waals surface area contributed by atoms with Crippen molar-refractivity contribution < 1.29 is 9.53 Å². The number of nitrogens with zero attached hydrogens (tertiary/aromatic N) is 1. The van der Waals surface area contributed by atoms with Crippen LogP contribution >= 0.6 is 0 Å². The Kier molecular flexibility index (Phi) is 2.74. The van der Waals surface area contributed by atoms with E-state index in [1.807, 2.05) is 18.2 Å². The smallest absolute Gasteiger partial charge is 0.337 e. The van der Waals surface area contributed by atoms with Crippen molar-refractivity contribution in [1.82, 2.24) is 4.57 Å². The van der Waals surface area contributed by atoms with Gasteiger partial charge in [-0.2, -0.15) is 0 Å². The molecule has 3 heteroatoms. The van der Waals surface area contributed by atoms with E-state index in [0.29, 0.717) is 5.56 Å². The highest BCUT2D eigenvalue weighted by atomic mass is 16.5. The highest BCUT2D eigenvalue weighted by Gasteiger charge is 2.24. The van der Waals surface area contributed by atoms with Gasteiger partial charge < -0.3 is 9.30 Å². The Morgan fingerprint density at radius 1 is 1.14 bits per heavy atom. The second kappa shape index (κ2) is 4.62. The molecule has 106 valence electrons. The predicted octanol–water partition coefficient (Wildman–Crippen LogP) is 3.99. The quantitative estimate of drug-likeness (QED) is 0.679. The molecule has 1 aromatic heterocycles. The standard InChI is InChI=1S/C18H17NO2/c1-21-18(20)13-8-9-15-14-4-2-3-5-16(14)19(17(15)10-13)11-12-6-7-12/h2-5,8-10,12H,6-7,11H2,1H3. The number of ether oxygens (including phenoxy) is 1. The van der Waals surface area contributed by atoms with Crippen LogP contribution in [-0.2, 0) is 11.3 Å². The molecule has 1 fully saturated rings. The van der Waals surface area contributed by atoms with E-state index >= 15 is 0 Å². The Bertz CT molecular complexity index is 843. The van der Waals surface area contributed by atoms with Crippen molar-refractivity contribution in [3.05, 3.63) is 48.0 Å². The Morgan fingerprint density at radius 2 is 1.90 bits per heavy atom. The lowest BCUT2D eigenvalue weighted by atomic mass is 10.1. The molecule has 0 aliphatic heterocycles. The molecule has 1 aliphatic carbocycles. The zero-order valence-corrected chi connectivity index (χ0v) is 12.0. The number of esters is 1. The number of fused-ring (bicyclic) bond motifs is 3. The van der Waals surface area contributed by atoms with Gasteiger partial charge in [0, 0.05) is 28.4 Å². The van der Waals surface area contributed by atoms with E-state index in [0.717, 1.165) is 18.0 Å². The van der Waals surface area contributed by atoms with Crippen LogP contribution in [0.5, 0.6) is 0 Å². The molecule has 0 amide bonds. The molecule has 1 heterocycles. The fourth-order valence-electron chi connectivity index (χ4n) is 3.05. The van der Waals surface area contributed by atoms with Crippen LogP contribution in [0.3, 0.4) is 0 Å². The maximum Gasteiger partial charge on any atom is 0.337 e. The van der Waals surface area contributed by atoms with E-state index < -0.39 is 0 Å². The van der Waals surface area contributed by atoms with Gasteiger partial charge in [0.1, 0.15) is 0 Å². The summed E-state index contributed by atoms with van der Waals surface area (Å²) in [6.07, 6.45) is 2.62. The minimum Gasteiger partial charge on any atom is -0.465 e. The molecule has 0 spiro atoms. The molecule has 0 bridgehead atoms. The van der Waals surface area contributed by atoms with Gasteiger partial charge in [-0.15, -0.1) is 0 Å². The second-order valence-electron chi connectivity index (χ2n) is 5.79. The van der Waals surface area contributed by atoms with Crippen molar-refractivity contribution in [2.45, 2.75) is 19.4 Å². The van der Waals surface area contributed by atoms with Crippen LogP contribution in [-0.4, -0.2) is 17.6 Å². The van der Waals surface area contributed by atoms with E-state index in [-0.39, 0.29) is 5.97 Å². The van der Waals surface area contributed by atoms with Crippen molar-refractivity contribution >= 4 is 27.8 Å². The number of carbonyl (C=O) groups is 1. The highest BCUT2D eigenvalue weighted by molar-refractivity contribution is 6.09. The minimum atomic E-state index is -0.278. The van der Waals surface area contributed by atoms with Crippen LogP contribution in [0.15, 0.2) is 42.5 Å². The van der Waals surface area contributed by atoms with E-state index in [9.17, 15) is 4.79 Å². The lowest BCUT2D eigenvalue weighted by Crippen LogP contribution is -2.03. The molecular formula is C18H17NO2. The van der Waals surface area contributed by atoms with Gasteiger partial charge in [-0.3, -0.25) is 0 Å². The van der Waals surface area contributed by atoms with Crippen LogP contribution in [0, 0.1) is 5.92 Å². The molecule has 2 aromatic carbocycles. The van der Waals surface area contributed by atoms with Crippen LogP contribution in [0.1, 0.15) is 23.2 Å². The summed E-state index contributed by atoms with van der Waals surface area (Å²) in [5, 5.41) is 2.46. The summed E-state index contributed by atoms with van der Waals surface area (Å²) in [4.78, 5) is 11.8. The Balaban J connectivity index is 2.00.